The van der Waals surface area contributed by atoms with E-state index in [1.54, 1.807) is 13.2 Å². The number of aliphatic imine (C=N–C) groups is 1. The van der Waals surface area contributed by atoms with E-state index >= 15 is 0 Å². The van der Waals surface area contributed by atoms with E-state index in [-0.39, 0.29) is 0 Å². The molecule has 0 atom stereocenters. The summed E-state index contributed by atoms with van der Waals surface area (Å²) in [6.45, 7) is 8.47. The molecule has 76 valence electrons. The van der Waals surface area contributed by atoms with Crippen LogP contribution >= 0.6 is 0 Å². The van der Waals surface area contributed by atoms with Crippen molar-refractivity contribution >= 4 is 5.84 Å². The van der Waals surface area contributed by atoms with Crippen molar-refractivity contribution < 1.29 is 0 Å². The lowest BCUT2D eigenvalue weighted by Gasteiger charge is -2.06. The van der Waals surface area contributed by atoms with E-state index in [9.17, 15) is 0 Å². The first-order valence-corrected chi connectivity index (χ1v) is 4.62. The molecule has 0 radical (unpaired) electrons. The SMILES string of the molecule is C=CNC(=NC)c1cc(C)nn1CC. The molecule has 0 aliphatic heterocycles. The van der Waals surface area contributed by atoms with Crippen molar-refractivity contribution in [3.8, 4) is 0 Å². The van der Waals surface area contributed by atoms with Crippen LogP contribution in [0.1, 0.15) is 18.3 Å². The van der Waals surface area contributed by atoms with Gasteiger partial charge in [-0.25, -0.2) is 0 Å². The van der Waals surface area contributed by atoms with Crippen LogP contribution in [0.15, 0.2) is 23.8 Å². The van der Waals surface area contributed by atoms with Gasteiger partial charge in [0.25, 0.3) is 0 Å². The van der Waals surface area contributed by atoms with Crippen molar-refractivity contribution in [3.63, 3.8) is 0 Å². The first kappa shape index (κ1) is 10.5. The van der Waals surface area contributed by atoms with Gasteiger partial charge >= 0.3 is 0 Å². The Balaban J connectivity index is 3.08. The van der Waals surface area contributed by atoms with E-state index in [0.29, 0.717) is 0 Å². The van der Waals surface area contributed by atoms with Gasteiger partial charge in [0.2, 0.25) is 0 Å². The molecule has 0 aliphatic carbocycles. The van der Waals surface area contributed by atoms with Crippen LogP contribution in [0.25, 0.3) is 0 Å². The van der Waals surface area contributed by atoms with Crippen LogP contribution in [0.5, 0.6) is 0 Å². The second kappa shape index (κ2) is 4.60. The van der Waals surface area contributed by atoms with Gasteiger partial charge in [-0.1, -0.05) is 6.58 Å². The quantitative estimate of drug-likeness (QED) is 0.579. The van der Waals surface area contributed by atoms with Crippen molar-refractivity contribution in [3.05, 3.63) is 30.2 Å². The molecule has 14 heavy (non-hydrogen) atoms. The van der Waals surface area contributed by atoms with E-state index in [4.69, 9.17) is 0 Å². The fourth-order valence-electron chi connectivity index (χ4n) is 1.33. The monoisotopic (exact) mass is 192 g/mol. The van der Waals surface area contributed by atoms with Crippen molar-refractivity contribution in [2.75, 3.05) is 7.05 Å². The highest BCUT2D eigenvalue weighted by Gasteiger charge is 2.08. The molecular weight excluding hydrogens is 176 g/mol. The zero-order valence-electron chi connectivity index (χ0n) is 8.91. The largest absolute Gasteiger partial charge is 0.346 e. The third-order valence-corrected chi connectivity index (χ3v) is 1.91. The molecule has 1 N–H and O–H groups in total. The Morgan fingerprint density at radius 1 is 1.79 bits per heavy atom. The Morgan fingerprint density at radius 3 is 3.00 bits per heavy atom. The lowest BCUT2D eigenvalue weighted by Crippen LogP contribution is -2.22. The van der Waals surface area contributed by atoms with Gasteiger partial charge in [-0.05, 0) is 26.1 Å². The molecule has 0 unspecified atom stereocenters. The van der Waals surface area contributed by atoms with E-state index in [1.807, 2.05) is 17.7 Å². The molecule has 1 aromatic rings. The van der Waals surface area contributed by atoms with Crippen LogP contribution in [0.3, 0.4) is 0 Å². The summed E-state index contributed by atoms with van der Waals surface area (Å²) < 4.78 is 1.91. The van der Waals surface area contributed by atoms with Crippen LogP contribution in [-0.4, -0.2) is 22.7 Å². The minimum atomic E-state index is 0.794. The molecule has 0 amide bonds. The fourth-order valence-corrected chi connectivity index (χ4v) is 1.33. The second-order valence-electron chi connectivity index (χ2n) is 2.91. The van der Waals surface area contributed by atoms with E-state index in [1.165, 1.54) is 0 Å². The predicted octanol–water partition coefficient (Wildman–Crippen LogP) is 1.32. The molecule has 1 heterocycles. The van der Waals surface area contributed by atoms with Gasteiger partial charge < -0.3 is 5.32 Å². The summed E-state index contributed by atoms with van der Waals surface area (Å²) in [5, 5.41) is 7.33. The maximum absolute atomic E-state index is 4.34. The molecule has 1 aromatic heterocycles. The third kappa shape index (κ3) is 2.02. The number of aryl methyl sites for hydroxylation is 2. The zero-order valence-corrected chi connectivity index (χ0v) is 8.91. The van der Waals surface area contributed by atoms with Crippen molar-refractivity contribution in [1.82, 2.24) is 15.1 Å². The summed E-state index contributed by atoms with van der Waals surface area (Å²) in [6, 6.07) is 2.00. The lowest BCUT2D eigenvalue weighted by molar-refractivity contribution is 0.646. The highest BCUT2D eigenvalue weighted by Crippen LogP contribution is 2.04. The Bertz CT molecular complexity index is 349. The highest BCUT2D eigenvalue weighted by molar-refractivity contribution is 5.97. The van der Waals surface area contributed by atoms with Crippen LogP contribution in [0.2, 0.25) is 0 Å². The summed E-state index contributed by atoms with van der Waals surface area (Å²) in [5.74, 6) is 0.794. The Morgan fingerprint density at radius 2 is 2.50 bits per heavy atom. The second-order valence-corrected chi connectivity index (χ2v) is 2.91. The van der Waals surface area contributed by atoms with E-state index < -0.39 is 0 Å². The maximum Gasteiger partial charge on any atom is 0.150 e. The third-order valence-electron chi connectivity index (χ3n) is 1.91. The van der Waals surface area contributed by atoms with Crippen LogP contribution in [-0.2, 0) is 6.54 Å². The van der Waals surface area contributed by atoms with E-state index in [2.05, 4.69) is 28.9 Å². The molecule has 0 aromatic carbocycles. The summed E-state index contributed by atoms with van der Waals surface area (Å²) in [7, 11) is 1.74. The van der Waals surface area contributed by atoms with Gasteiger partial charge in [-0.2, -0.15) is 5.10 Å². The highest BCUT2D eigenvalue weighted by atomic mass is 15.3. The van der Waals surface area contributed by atoms with Gasteiger partial charge in [0.1, 0.15) is 5.69 Å². The summed E-state index contributed by atoms with van der Waals surface area (Å²) >= 11 is 0. The number of nitrogens with zero attached hydrogens (tertiary/aromatic N) is 3. The van der Waals surface area contributed by atoms with Gasteiger partial charge in [-0.15, -0.1) is 0 Å². The summed E-state index contributed by atoms with van der Waals surface area (Å²) in [4.78, 5) is 4.14. The average Bonchev–Trinajstić information content (AvgIpc) is 2.55. The molecule has 0 aliphatic rings. The zero-order chi connectivity index (χ0) is 10.6. The molecule has 0 spiro atoms. The molecule has 4 heteroatoms. The van der Waals surface area contributed by atoms with Gasteiger partial charge in [0, 0.05) is 13.6 Å². The van der Waals surface area contributed by atoms with Crippen LogP contribution in [0, 0.1) is 6.92 Å². The normalized spacial score (nSPS) is 11.5. The average molecular weight is 192 g/mol. The van der Waals surface area contributed by atoms with Crippen LogP contribution < -0.4 is 5.32 Å². The minimum Gasteiger partial charge on any atom is -0.346 e. The van der Waals surface area contributed by atoms with Gasteiger partial charge in [0.05, 0.1) is 5.69 Å². The standard InChI is InChI=1S/C10H16N4/c1-5-12-10(11-4)9-7-8(3)13-14(9)6-2/h5,7H,1,6H2,2-4H3,(H,11,12). The first-order valence-electron chi connectivity index (χ1n) is 4.62. The number of hydrogen-bond acceptors (Lipinski definition) is 2. The number of nitrogens with one attached hydrogen (secondary N) is 1. The minimum absolute atomic E-state index is 0.794. The molecule has 1 rings (SSSR count). The molecule has 4 nitrogen and oxygen atoms in total. The maximum atomic E-state index is 4.34. The Kier molecular flexibility index (Phi) is 3.45. The molecule has 0 bridgehead atoms. The smallest absolute Gasteiger partial charge is 0.150 e. The molecule has 0 saturated heterocycles. The van der Waals surface area contributed by atoms with Crippen molar-refractivity contribution in [2.45, 2.75) is 20.4 Å². The van der Waals surface area contributed by atoms with E-state index in [0.717, 1.165) is 23.8 Å². The number of amidine groups is 1. The molecular formula is C10H16N4. The molecule has 0 saturated carbocycles. The number of hydrogen-bond donors (Lipinski definition) is 1. The van der Waals surface area contributed by atoms with Gasteiger partial charge in [0.15, 0.2) is 5.84 Å². The lowest BCUT2D eigenvalue weighted by atomic mass is 10.3. The van der Waals surface area contributed by atoms with Gasteiger partial charge in [-0.3, -0.25) is 9.67 Å². The first-order chi connectivity index (χ1) is 6.72. The predicted molar refractivity (Wildman–Crippen MR) is 58.4 cm³/mol. The molecule has 0 fully saturated rings. The van der Waals surface area contributed by atoms with Crippen molar-refractivity contribution in [2.24, 2.45) is 4.99 Å². The topological polar surface area (TPSA) is 42.2 Å². The number of aromatic nitrogens is 2. The summed E-state index contributed by atoms with van der Waals surface area (Å²) in [6.07, 6.45) is 1.62. The van der Waals surface area contributed by atoms with Crippen LogP contribution in [0.4, 0.5) is 0 Å². The fraction of sp³-hybridized carbons (Fsp3) is 0.400. The van der Waals surface area contributed by atoms with Crippen molar-refractivity contribution in [1.29, 1.82) is 0 Å². The Hall–Kier alpha value is -1.58. The Labute approximate surface area is 84.3 Å². The summed E-state index contributed by atoms with van der Waals surface area (Å²) in [5.41, 5.74) is 1.99. The number of rotatable bonds is 3.